The van der Waals surface area contributed by atoms with E-state index in [9.17, 15) is 4.79 Å². The van der Waals surface area contributed by atoms with Crippen molar-refractivity contribution in [2.45, 2.75) is 19.8 Å². The maximum atomic E-state index is 11.9. The van der Waals surface area contributed by atoms with Crippen molar-refractivity contribution in [3.63, 3.8) is 0 Å². The average molecular weight is 307 g/mol. The molecule has 1 aromatic heterocycles. The summed E-state index contributed by atoms with van der Waals surface area (Å²) in [6, 6.07) is 15.9. The molecule has 0 aliphatic carbocycles. The van der Waals surface area contributed by atoms with E-state index in [1.54, 1.807) is 0 Å². The van der Waals surface area contributed by atoms with Crippen LogP contribution in [-0.2, 0) is 12.8 Å². The fourth-order valence-electron chi connectivity index (χ4n) is 2.65. The van der Waals surface area contributed by atoms with Gasteiger partial charge >= 0.3 is 6.03 Å². The predicted octanol–water partition coefficient (Wildman–Crippen LogP) is 4.09. The molecule has 0 unspecified atom stereocenters. The first-order valence-electron chi connectivity index (χ1n) is 7.95. The predicted molar refractivity (Wildman–Crippen MR) is 94.8 cm³/mol. The van der Waals surface area contributed by atoms with Gasteiger partial charge in [-0.1, -0.05) is 37.3 Å². The number of amides is 2. The number of carbonyl (C=O) groups excluding carboxylic acids is 1. The molecule has 3 aromatic rings. The minimum Gasteiger partial charge on any atom is -0.361 e. The van der Waals surface area contributed by atoms with Crippen LogP contribution in [0.1, 0.15) is 18.1 Å². The van der Waals surface area contributed by atoms with Crippen molar-refractivity contribution < 1.29 is 4.79 Å². The number of benzene rings is 2. The first kappa shape index (κ1) is 15.2. The number of hydrogen-bond acceptors (Lipinski definition) is 1. The molecule has 2 aromatic carbocycles. The third-order valence-corrected chi connectivity index (χ3v) is 3.97. The lowest BCUT2D eigenvalue weighted by molar-refractivity contribution is 0.252. The zero-order valence-corrected chi connectivity index (χ0v) is 13.2. The molecule has 0 aliphatic heterocycles. The van der Waals surface area contributed by atoms with Crippen LogP contribution < -0.4 is 10.6 Å². The van der Waals surface area contributed by atoms with Gasteiger partial charge in [-0.05, 0) is 42.2 Å². The Morgan fingerprint density at radius 3 is 2.65 bits per heavy atom. The fourth-order valence-corrected chi connectivity index (χ4v) is 2.65. The van der Waals surface area contributed by atoms with E-state index in [2.05, 4.69) is 34.7 Å². The fraction of sp³-hybridized carbons (Fsp3) is 0.211. The first-order valence-corrected chi connectivity index (χ1v) is 7.95. The summed E-state index contributed by atoms with van der Waals surface area (Å²) in [4.78, 5) is 15.2. The largest absolute Gasteiger partial charge is 0.361 e. The molecule has 0 fully saturated rings. The first-order chi connectivity index (χ1) is 11.3. The summed E-state index contributed by atoms with van der Waals surface area (Å²) in [5.74, 6) is 0. The van der Waals surface area contributed by atoms with Crippen LogP contribution in [0, 0.1) is 0 Å². The van der Waals surface area contributed by atoms with Crippen molar-refractivity contribution >= 4 is 22.6 Å². The Hall–Kier alpha value is -2.75. The standard InChI is InChI=1S/C19H21N3O/c1-2-14-7-9-16(10-8-14)22-19(23)20-12-11-15-13-21-18-6-4-3-5-17(15)18/h3-10,13,21H,2,11-12H2,1H3,(H2,20,22,23). The molecular formula is C19H21N3O. The maximum absolute atomic E-state index is 11.9. The molecule has 0 spiro atoms. The molecule has 3 rings (SSSR count). The number of carbonyl (C=O) groups is 1. The summed E-state index contributed by atoms with van der Waals surface area (Å²) < 4.78 is 0. The molecule has 0 atom stereocenters. The molecule has 0 bridgehead atoms. The number of aromatic nitrogens is 1. The van der Waals surface area contributed by atoms with Crippen molar-refractivity contribution in [1.29, 1.82) is 0 Å². The molecule has 0 aliphatic rings. The van der Waals surface area contributed by atoms with Crippen LogP contribution in [0.2, 0.25) is 0 Å². The second-order valence-electron chi connectivity index (χ2n) is 5.54. The zero-order valence-electron chi connectivity index (χ0n) is 13.2. The third-order valence-electron chi connectivity index (χ3n) is 3.97. The van der Waals surface area contributed by atoms with E-state index in [-0.39, 0.29) is 6.03 Å². The highest BCUT2D eigenvalue weighted by Gasteiger charge is 2.04. The molecule has 3 N–H and O–H groups in total. The van der Waals surface area contributed by atoms with Crippen molar-refractivity contribution in [2.75, 3.05) is 11.9 Å². The lowest BCUT2D eigenvalue weighted by Gasteiger charge is -2.08. The highest BCUT2D eigenvalue weighted by Crippen LogP contribution is 2.17. The van der Waals surface area contributed by atoms with Gasteiger partial charge < -0.3 is 15.6 Å². The number of hydrogen-bond donors (Lipinski definition) is 3. The van der Waals surface area contributed by atoms with Gasteiger partial charge in [0.25, 0.3) is 0 Å². The van der Waals surface area contributed by atoms with Gasteiger partial charge in [-0.15, -0.1) is 0 Å². The number of urea groups is 1. The van der Waals surface area contributed by atoms with Gasteiger partial charge in [-0.3, -0.25) is 0 Å². The Labute approximate surface area is 135 Å². The number of aromatic amines is 1. The van der Waals surface area contributed by atoms with Crippen LogP contribution in [-0.4, -0.2) is 17.6 Å². The maximum Gasteiger partial charge on any atom is 0.319 e. The highest BCUT2D eigenvalue weighted by atomic mass is 16.2. The monoisotopic (exact) mass is 307 g/mol. The van der Waals surface area contributed by atoms with Crippen LogP contribution in [0.5, 0.6) is 0 Å². The molecule has 23 heavy (non-hydrogen) atoms. The number of anilines is 1. The van der Waals surface area contributed by atoms with Crippen molar-refractivity contribution in [2.24, 2.45) is 0 Å². The van der Waals surface area contributed by atoms with E-state index in [4.69, 9.17) is 0 Å². The highest BCUT2D eigenvalue weighted by molar-refractivity contribution is 5.89. The molecule has 0 saturated carbocycles. The number of aryl methyl sites for hydroxylation is 1. The minimum absolute atomic E-state index is 0.172. The van der Waals surface area contributed by atoms with Crippen LogP contribution in [0.3, 0.4) is 0 Å². The summed E-state index contributed by atoms with van der Waals surface area (Å²) in [6.07, 6.45) is 3.80. The second-order valence-corrected chi connectivity index (χ2v) is 5.54. The minimum atomic E-state index is -0.172. The average Bonchev–Trinajstić information content (AvgIpc) is 2.99. The third kappa shape index (κ3) is 3.72. The van der Waals surface area contributed by atoms with Gasteiger partial charge in [0.2, 0.25) is 0 Å². The Bertz CT molecular complexity index is 790. The summed E-state index contributed by atoms with van der Waals surface area (Å²) in [5.41, 5.74) is 4.42. The lowest BCUT2D eigenvalue weighted by atomic mass is 10.1. The SMILES string of the molecule is CCc1ccc(NC(=O)NCCc2c[nH]c3ccccc23)cc1. The van der Waals surface area contributed by atoms with Crippen molar-refractivity contribution in [1.82, 2.24) is 10.3 Å². The van der Waals surface area contributed by atoms with Crippen LogP contribution >= 0.6 is 0 Å². The summed E-state index contributed by atoms with van der Waals surface area (Å²) in [5, 5.41) is 6.96. The molecule has 1 heterocycles. The smallest absolute Gasteiger partial charge is 0.319 e. The lowest BCUT2D eigenvalue weighted by Crippen LogP contribution is -2.30. The van der Waals surface area contributed by atoms with Gasteiger partial charge in [0, 0.05) is 29.3 Å². The van der Waals surface area contributed by atoms with E-state index in [1.165, 1.54) is 16.5 Å². The normalized spacial score (nSPS) is 10.7. The van der Waals surface area contributed by atoms with Gasteiger partial charge in [0.15, 0.2) is 0 Å². The van der Waals surface area contributed by atoms with Crippen molar-refractivity contribution in [3.8, 4) is 0 Å². The summed E-state index contributed by atoms with van der Waals surface area (Å²) in [6.45, 7) is 2.71. The van der Waals surface area contributed by atoms with Gasteiger partial charge in [-0.25, -0.2) is 4.79 Å². The molecule has 0 saturated heterocycles. The van der Waals surface area contributed by atoms with Gasteiger partial charge in [-0.2, -0.15) is 0 Å². The van der Waals surface area contributed by atoms with Crippen LogP contribution in [0.15, 0.2) is 54.7 Å². The van der Waals surface area contributed by atoms with E-state index in [1.807, 2.05) is 42.6 Å². The van der Waals surface area contributed by atoms with E-state index in [0.29, 0.717) is 6.54 Å². The summed E-state index contributed by atoms with van der Waals surface area (Å²) in [7, 11) is 0. The molecule has 4 nitrogen and oxygen atoms in total. The number of fused-ring (bicyclic) bond motifs is 1. The van der Waals surface area contributed by atoms with Gasteiger partial charge in [0.1, 0.15) is 0 Å². The van der Waals surface area contributed by atoms with E-state index < -0.39 is 0 Å². The van der Waals surface area contributed by atoms with Crippen molar-refractivity contribution in [3.05, 3.63) is 65.9 Å². The van der Waals surface area contributed by atoms with Crippen LogP contribution in [0.4, 0.5) is 10.5 Å². The van der Waals surface area contributed by atoms with E-state index in [0.717, 1.165) is 24.0 Å². The number of rotatable bonds is 5. The molecular weight excluding hydrogens is 286 g/mol. The Morgan fingerprint density at radius 1 is 1.09 bits per heavy atom. The summed E-state index contributed by atoms with van der Waals surface area (Å²) >= 11 is 0. The number of nitrogens with one attached hydrogen (secondary N) is 3. The topological polar surface area (TPSA) is 56.9 Å². The number of H-pyrrole nitrogens is 1. The molecule has 118 valence electrons. The Balaban J connectivity index is 1.51. The number of para-hydroxylation sites is 1. The molecule has 0 radical (unpaired) electrons. The zero-order chi connectivity index (χ0) is 16.1. The Morgan fingerprint density at radius 2 is 1.87 bits per heavy atom. The quantitative estimate of drug-likeness (QED) is 0.653. The second kappa shape index (κ2) is 7.01. The molecule has 4 heteroatoms. The Kier molecular flexibility index (Phi) is 4.62. The van der Waals surface area contributed by atoms with Crippen LogP contribution in [0.25, 0.3) is 10.9 Å². The van der Waals surface area contributed by atoms with E-state index >= 15 is 0 Å². The van der Waals surface area contributed by atoms with Gasteiger partial charge in [0.05, 0.1) is 0 Å². The molecule has 2 amide bonds.